The highest BCUT2D eigenvalue weighted by Gasteiger charge is 2.24. The Morgan fingerprint density at radius 3 is 2.35 bits per heavy atom. The van der Waals surface area contributed by atoms with Crippen LogP contribution < -0.4 is 0 Å². The van der Waals surface area contributed by atoms with Crippen molar-refractivity contribution in [3.05, 3.63) is 53.6 Å². The van der Waals surface area contributed by atoms with Crippen molar-refractivity contribution in [2.75, 3.05) is 13.1 Å². The minimum Gasteiger partial charge on any atom is -0.451 e. The van der Waals surface area contributed by atoms with E-state index in [4.69, 9.17) is 8.94 Å². The molecule has 0 fully saturated rings. The zero-order valence-electron chi connectivity index (χ0n) is 18.0. The van der Waals surface area contributed by atoms with Crippen molar-refractivity contribution < 1.29 is 17.4 Å². The van der Waals surface area contributed by atoms with Gasteiger partial charge in [0.15, 0.2) is 5.76 Å². The molecule has 0 aliphatic rings. The maximum atomic E-state index is 12.9. The lowest BCUT2D eigenvalue weighted by Crippen LogP contribution is -2.30. The predicted octanol–water partition coefficient (Wildman–Crippen LogP) is 5.05. The van der Waals surface area contributed by atoms with Crippen molar-refractivity contribution in [3.63, 3.8) is 0 Å². The molecule has 2 aromatic carbocycles. The van der Waals surface area contributed by atoms with E-state index in [1.165, 1.54) is 9.87 Å². The molecule has 2 heterocycles. The summed E-state index contributed by atoms with van der Waals surface area (Å²) in [5.74, 6) is 1.18. The van der Waals surface area contributed by atoms with E-state index in [2.05, 4.69) is 17.1 Å². The molecule has 0 amide bonds. The number of nitrogens with zero attached hydrogens (tertiary/aromatic N) is 3. The van der Waals surface area contributed by atoms with Crippen LogP contribution >= 0.6 is 0 Å². The minimum absolute atomic E-state index is 0.237. The molecule has 0 saturated carbocycles. The van der Waals surface area contributed by atoms with E-state index < -0.39 is 10.0 Å². The molecule has 7 nitrogen and oxygen atoms in total. The Hall–Kier alpha value is -2.97. The highest BCUT2D eigenvalue weighted by molar-refractivity contribution is 7.89. The molecule has 162 valence electrons. The van der Waals surface area contributed by atoms with Crippen molar-refractivity contribution in [2.24, 2.45) is 0 Å². The van der Waals surface area contributed by atoms with Gasteiger partial charge in [-0.1, -0.05) is 50.2 Å². The van der Waals surface area contributed by atoms with Gasteiger partial charge in [0, 0.05) is 29.6 Å². The van der Waals surface area contributed by atoms with Gasteiger partial charge in [0.05, 0.1) is 4.90 Å². The SMILES string of the molecule is CCc1ccc(-c2noc(-c3oc4ccc(S(=O)(=O)N(CC)CC)cc4c3C)n2)cc1. The van der Waals surface area contributed by atoms with Crippen LogP contribution in [0.2, 0.25) is 0 Å². The van der Waals surface area contributed by atoms with Crippen molar-refractivity contribution in [1.82, 2.24) is 14.4 Å². The molecule has 0 aliphatic heterocycles. The number of fused-ring (bicyclic) bond motifs is 1. The van der Waals surface area contributed by atoms with E-state index in [9.17, 15) is 8.42 Å². The van der Waals surface area contributed by atoms with Gasteiger partial charge in [-0.15, -0.1) is 0 Å². The van der Waals surface area contributed by atoms with Gasteiger partial charge in [0.1, 0.15) is 5.58 Å². The lowest BCUT2D eigenvalue weighted by molar-refractivity contribution is 0.419. The number of sulfonamides is 1. The third kappa shape index (κ3) is 3.77. The second-order valence-electron chi connectivity index (χ2n) is 7.28. The van der Waals surface area contributed by atoms with Crippen LogP contribution in [-0.2, 0) is 16.4 Å². The van der Waals surface area contributed by atoms with Crippen LogP contribution in [0.1, 0.15) is 31.9 Å². The van der Waals surface area contributed by atoms with Crippen molar-refractivity contribution in [2.45, 2.75) is 39.0 Å². The normalized spacial score (nSPS) is 12.2. The van der Waals surface area contributed by atoms with Gasteiger partial charge in [-0.3, -0.25) is 0 Å². The quantitative estimate of drug-likeness (QED) is 0.400. The van der Waals surface area contributed by atoms with Crippen molar-refractivity contribution in [3.8, 4) is 23.0 Å². The summed E-state index contributed by atoms with van der Waals surface area (Å²) in [6.07, 6.45) is 0.960. The highest BCUT2D eigenvalue weighted by atomic mass is 32.2. The molecule has 31 heavy (non-hydrogen) atoms. The van der Waals surface area contributed by atoms with E-state index >= 15 is 0 Å². The Kier molecular flexibility index (Phi) is 5.68. The predicted molar refractivity (Wildman–Crippen MR) is 119 cm³/mol. The van der Waals surface area contributed by atoms with Crippen LogP contribution in [0, 0.1) is 6.92 Å². The van der Waals surface area contributed by atoms with Gasteiger partial charge < -0.3 is 8.94 Å². The van der Waals surface area contributed by atoms with Crippen LogP contribution in [0.5, 0.6) is 0 Å². The van der Waals surface area contributed by atoms with E-state index in [0.29, 0.717) is 35.6 Å². The first-order chi connectivity index (χ1) is 14.9. The Balaban J connectivity index is 1.73. The molecule has 0 radical (unpaired) electrons. The van der Waals surface area contributed by atoms with Gasteiger partial charge >= 0.3 is 0 Å². The molecule has 0 aliphatic carbocycles. The van der Waals surface area contributed by atoms with E-state index in [0.717, 1.165) is 17.5 Å². The summed E-state index contributed by atoms with van der Waals surface area (Å²) in [5, 5.41) is 4.79. The highest BCUT2D eigenvalue weighted by Crippen LogP contribution is 2.34. The largest absolute Gasteiger partial charge is 0.451 e. The molecule has 0 spiro atoms. The third-order valence-corrected chi connectivity index (χ3v) is 7.54. The Labute approximate surface area is 181 Å². The van der Waals surface area contributed by atoms with Crippen LogP contribution in [0.3, 0.4) is 0 Å². The van der Waals surface area contributed by atoms with Gasteiger partial charge in [-0.2, -0.15) is 9.29 Å². The number of aryl methyl sites for hydroxylation is 2. The second kappa shape index (κ2) is 8.28. The van der Waals surface area contributed by atoms with E-state index in [1.807, 2.05) is 45.0 Å². The van der Waals surface area contributed by atoms with Crippen molar-refractivity contribution >= 4 is 21.0 Å². The number of benzene rings is 2. The fourth-order valence-electron chi connectivity index (χ4n) is 3.60. The first kappa shape index (κ1) is 21.3. The van der Waals surface area contributed by atoms with Crippen LogP contribution in [0.25, 0.3) is 34.0 Å². The lowest BCUT2D eigenvalue weighted by atomic mass is 10.1. The molecule has 8 heteroatoms. The molecular weight excluding hydrogens is 414 g/mol. The fourth-order valence-corrected chi connectivity index (χ4v) is 5.08. The summed E-state index contributed by atoms with van der Waals surface area (Å²) < 4.78 is 38.6. The van der Waals surface area contributed by atoms with Crippen molar-refractivity contribution in [1.29, 1.82) is 0 Å². The number of rotatable bonds is 7. The fraction of sp³-hybridized carbons (Fsp3) is 0.304. The average Bonchev–Trinajstić information content (AvgIpc) is 3.39. The van der Waals surface area contributed by atoms with Gasteiger partial charge in [-0.25, -0.2) is 8.42 Å². The molecule has 2 aromatic heterocycles. The number of hydrogen-bond donors (Lipinski definition) is 0. The summed E-state index contributed by atoms with van der Waals surface area (Å²) in [5.41, 5.74) is 3.41. The van der Waals surface area contributed by atoms with Crippen LogP contribution in [-0.4, -0.2) is 36.0 Å². The van der Waals surface area contributed by atoms with Gasteiger partial charge in [0.2, 0.25) is 15.8 Å². The number of furan rings is 1. The van der Waals surface area contributed by atoms with E-state index in [1.54, 1.807) is 18.2 Å². The maximum absolute atomic E-state index is 12.9. The lowest BCUT2D eigenvalue weighted by Gasteiger charge is -2.18. The van der Waals surface area contributed by atoms with Crippen LogP contribution in [0.4, 0.5) is 0 Å². The Morgan fingerprint density at radius 1 is 1.00 bits per heavy atom. The van der Waals surface area contributed by atoms with Gasteiger partial charge in [-0.05, 0) is 37.1 Å². The topological polar surface area (TPSA) is 89.4 Å². The first-order valence-electron chi connectivity index (χ1n) is 10.4. The molecule has 4 aromatic rings. The average molecular weight is 440 g/mol. The standard InChI is InChI=1S/C23H25N3O4S/c1-5-16-8-10-17(11-9-16)22-24-23(30-25-22)21-15(4)19-14-18(12-13-20(19)29-21)31(27,28)26(6-2)7-3/h8-14H,5-7H2,1-4H3. The summed E-state index contributed by atoms with van der Waals surface area (Å²) in [7, 11) is -3.56. The second-order valence-corrected chi connectivity index (χ2v) is 9.22. The maximum Gasteiger partial charge on any atom is 0.294 e. The smallest absolute Gasteiger partial charge is 0.294 e. The third-order valence-electron chi connectivity index (χ3n) is 5.49. The molecular formula is C23H25N3O4S. The Bertz CT molecular complexity index is 1320. The number of hydrogen-bond acceptors (Lipinski definition) is 6. The molecule has 0 unspecified atom stereocenters. The zero-order chi connectivity index (χ0) is 22.2. The van der Waals surface area contributed by atoms with Gasteiger partial charge in [0.25, 0.3) is 5.89 Å². The molecule has 4 rings (SSSR count). The summed E-state index contributed by atoms with van der Waals surface area (Å²) >= 11 is 0. The number of aromatic nitrogens is 2. The van der Waals surface area contributed by atoms with Crippen LogP contribution in [0.15, 0.2) is 56.3 Å². The van der Waals surface area contributed by atoms with E-state index in [-0.39, 0.29) is 10.8 Å². The molecule has 0 saturated heterocycles. The molecule has 0 bridgehead atoms. The summed E-state index contributed by atoms with van der Waals surface area (Å²) in [4.78, 5) is 4.73. The molecule has 0 atom stereocenters. The summed E-state index contributed by atoms with van der Waals surface area (Å²) in [6.45, 7) is 8.43. The zero-order valence-corrected chi connectivity index (χ0v) is 18.9. The minimum atomic E-state index is -3.56. The first-order valence-corrected chi connectivity index (χ1v) is 11.8. The molecule has 0 N–H and O–H groups in total. The summed E-state index contributed by atoms with van der Waals surface area (Å²) in [6, 6.07) is 12.9. The monoisotopic (exact) mass is 439 g/mol. The Morgan fingerprint density at radius 2 is 1.71 bits per heavy atom.